The fourth-order valence-corrected chi connectivity index (χ4v) is 7.23. The number of sulfone groups is 1. The zero-order chi connectivity index (χ0) is 17.1. The molecule has 1 aromatic rings. The lowest BCUT2D eigenvalue weighted by Gasteiger charge is -2.54. The Labute approximate surface area is 143 Å². The van der Waals surface area contributed by atoms with Gasteiger partial charge < -0.3 is 0 Å². The maximum absolute atomic E-state index is 12.7. The molecule has 0 saturated heterocycles. The number of sulfonamides is 1. The van der Waals surface area contributed by atoms with E-state index in [0.717, 1.165) is 43.8 Å². The molecule has 7 heteroatoms. The predicted molar refractivity (Wildman–Crippen MR) is 90.7 cm³/mol. The highest BCUT2D eigenvalue weighted by Gasteiger charge is 2.49. The first-order chi connectivity index (χ1) is 11.2. The van der Waals surface area contributed by atoms with E-state index < -0.39 is 19.9 Å². The van der Waals surface area contributed by atoms with Gasteiger partial charge in [-0.25, -0.2) is 21.6 Å². The van der Waals surface area contributed by atoms with Crippen molar-refractivity contribution in [2.75, 3.05) is 6.26 Å². The first-order valence-electron chi connectivity index (χ1n) is 8.55. The van der Waals surface area contributed by atoms with Gasteiger partial charge in [-0.3, -0.25) is 0 Å². The van der Waals surface area contributed by atoms with Crippen LogP contribution in [0, 0.1) is 23.7 Å². The molecular formula is C17H23NO4S2. The van der Waals surface area contributed by atoms with Gasteiger partial charge in [-0.15, -0.1) is 0 Å². The molecule has 5 rings (SSSR count). The minimum Gasteiger partial charge on any atom is -0.224 e. The summed E-state index contributed by atoms with van der Waals surface area (Å²) < 4.78 is 51.4. The molecule has 0 radical (unpaired) electrons. The molecule has 4 bridgehead atoms. The first-order valence-corrected chi connectivity index (χ1v) is 11.9. The lowest BCUT2D eigenvalue weighted by Crippen LogP contribution is -2.55. The molecule has 132 valence electrons. The second-order valence-electron chi connectivity index (χ2n) is 7.82. The lowest BCUT2D eigenvalue weighted by atomic mass is 9.54. The summed E-state index contributed by atoms with van der Waals surface area (Å²) in [6.07, 6.45) is 7.03. The lowest BCUT2D eigenvalue weighted by molar-refractivity contribution is -0.00557. The Morgan fingerprint density at radius 3 is 1.71 bits per heavy atom. The standard InChI is InChI=1S/C17H23NO4S2/c1-23(19,20)15-2-4-16(5-3-15)24(21,22)18-17-13-7-11-6-12(9-13)10-14(17)8-11/h2-5,11-14,17-18H,6-10H2,1H3. The number of hydrogen-bond acceptors (Lipinski definition) is 4. The molecule has 5 nitrogen and oxygen atoms in total. The highest BCUT2D eigenvalue weighted by molar-refractivity contribution is 7.90. The van der Waals surface area contributed by atoms with Gasteiger partial charge in [0, 0.05) is 12.3 Å². The van der Waals surface area contributed by atoms with E-state index in [0.29, 0.717) is 11.8 Å². The predicted octanol–water partition coefficient (Wildman–Crippen LogP) is 2.19. The van der Waals surface area contributed by atoms with E-state index in [9.17, 15) is 16.8 Å². The van der Waals surface area contributed by atoms with E-state index in [1.54, 1.807) is 0 Å². The van der Waals surface area contributed by atoms with E-state index in [-0.39, 0.29) is 15.8 Å². The molecule has 0 unspecified atom stereocenters. The van der Waals surface area contributed by atoms with Crippen LogP contribution in [-0.4, -0.2) is 29.1 Å². The molecule has 1 aromatic carbocycles. The molecular weight excluding hydrogens is 346 g/mol. The van der Waals surface area contributed by atoms with Gasteiger partial charge in [0.1, 0.15) is 0 Å². The smallest absolute Gasteiger partial charge is 0.224 e. The topological polar surface area (TPSA) is 80.3 Å². The monoisotopic (exact) mass is 369 g/mol. The average molecular weight is 370 g/mol. The SMILES string of the molecule is CS(=O)(=O)c1ccc(S(=O)(=O)NC2C3CC4CC(C3)CC2C4)cc1. The Balaban J connectivity index is 1.55. The normalized spacial score (nSPS) is 35.3. The summed E-state index contributed by atoms with van der Waals surface area (Å²) in [5, 5.41) is 0. The van der Waals surface area contributed by atoms with Gasteiger partial charge in [0.05, 0.1) is 9.79 Å². The highest BCUT2D eigenvalue weighted by Crippen LogP contribution is 2.53. The summed E-state index contributed by atoms with van der Waals surface area (Å²) in [5.41, 5.74) is 0. The van der Waals surface area contributed by atoms with Crippen molar-refractivity contribution in [2.45, 2.75) is 47.9 Å². The van der Waals surface area contributed by atoms with Crippen LogP contribution in [0.4, 0.5) is 0 Å². The van der Waals surface area contributed by atoms with Crippen molar-refractivity contribution in [1.29, 1.82) is 0 Å². The summed E-state index contributed by atoms with van der Waals surface area (Å²) in [7, 11) is -6.93. The Morgan fingerprint density at radius 2 is 1.25 bits per heavy atom. The van der Waals surface area contributed by atoms with E-state index in [1.165, 1.54) is 30.7 Å². The quantitative estimate of drug-likeness (QED) is 0.882. The fourth-order valence-electron chi connectivity index (χ4n) is 5.23. The average Bonchev–Trinajstić information content (AvgIpc) is 2.49. The minimum atomic E-state index is -3.61. The van der Waals surface area contributed by atoms with Gasteiger partial charge in [0.2, 0.25) is 10.0 Å². The molecule has 24 heavy (non-hydrogen) atoms. The van der Waals surface area contributed by atoms with Crippen molar-refractivity contribution in [3.05, 3.63) is 24.3 Å². The molecule has 0 atom stereocenters. The third kappa shape index (κ3) is 2.91. The fraction of sp³-hybridized carbons (Fsp3) is 0.647. The van der Waals surface area contributed by atoms with Gasteiger partial charge in [0.25, 0.3) is 0 Å². The molecule has 4 aliphatic carbocycles. The van der Waals surface area contributed by atoms with E-state index >= 15 is 0 Å². The maximum atomic E-state index is 12.7. The number of rotatable bonds is 4. The van der Waals surface area contributed by atoms with Crippen LogP contribution in [0.5, 0.6) is 0 Å². The van der Waals surface area contributed by atoms with Crippen LogP contribution in [0.2, 0.25) is 0 Å². The van der Waals surface area contributed by atoms with E-state index in [4.69, 9.17) is 0 Å². The van der Waals surface area contributed by atoms with Crippen LogP contribution in [0.15, 0.2) is 34.1 Å². The molecule has 4 saturated carbocycles. The van der Waals surface area contributed by atoms with Crippen LogP contribution >= 0.6 is 0 Å². The minimum absolute atomic E-state index is 0.0392. The third-order valence-electron chi connectivity index (χ3n) is 6.08. The Bertz CT molecular complexity index is 815. The van der Waals surface area contributed by atoms with Crippen LogP contribution in [-0.2, 0) is 19.9 Å². The largest absolute Gasteiger partial charge is 0.240 e. The van der Waals surface area contributed by atoms with Crippen LogP contribution in [0.25, 0.3) is 0 Å². The molecule has 0 aromatic heterocycles. The molecule has 0 spiro atoms. The van der Waals surface area contributed by atoms with Crippen LogP contribution < -0.4 is 4.72 Å². The van der Waals surface area contributed by atoms with E-state index in [2.05, 4.69) is 4.72 Å². The van der Waals surface area contributed by atoms with Gasteiger partial charge in [-0.2, -0.15) is 0 Å². The van der Waals surface area contributed by atoms with Gasteiger partial charge in [0.15, 0.2) is 9.84 Å². The molecule has 1 N–H and O–H groups in total. The Kier molecular flexibility index (Phi) is 3.82. The van der Waals surface area contributed by atoms with Gasteiger partial charge >= 0.3 is 0 Å². The van der Waals surface area contributed by atoms with E-state index in [1.807, 2.05) is 0 Å². The number of hydrogen-bond donors (Lipinski definition) is 1. The zero-order valence-electron chi connectivity index (χ0n) is 13.7. The summed E-state index contributed by atoms with van der Waals surface area (Å²) in [5.74, 6) is 2.52. The summed E-state index contributed by atoms with van der Waals surface area (Å²) >= 11 is 0. The molecule has 0 aliphatic heterocycles. The zero-order valence-corrected chi connectivity index (χ0v) is 15.3. The van der Waals surface area contributed by atoms with Gasteiger partial charge in [-0.1, -0.05) is 0 Å². The summed E-state index contributed by atoms with van der Waals surface area (Å²) in [4.78, 5) is 0.278. The molecule has 0 amide bonds. The second kappa shape index (κ2) is 5.54. The summed E-state index contributed by atoms with van der Waals surface area (Å²) in [6.45, 7) is 0. The van der Waals surface area contributed by atoms with Crippen LogP contribution in [0.3, 0.4) is 0 Å². The molecule has 0 heterocycles. The van der Waals surface area contributed by atoms with Gasteiger partial charge in [-0.05, 0) is 80.0 Å². The second-order valence-corrected chi connectivity index (χ2v) is 11.6. The third-order valence-corrected chi connectivity index (χ3v) is 8.68. The van der Waals surface area contributed by atoms with Crippen molar-refractivity contribution in [3.63, 3.8) is 0 Å². The Morgan fingerprint density at radius 1 is 0.792 bits per heavy atom. The highest BCUT2D eigenvalue weighted by atomic mass is 32.2. The van der Waals surface area contributed by atoms with Crippen molar-refractivity contribution >= 4 is 19.9 Å². The molecule has 4 aliphatic rings. The first kappa shape index (κ1) is 16.5. The molecule has 4 fully saturated rings. The maximum Gasteiger partial charge on any atom is 0.240 e. The number of nitrogens with one attached hydrogen (secondary N) is 1. The van der Waals surface area contributed by atoms with Crippen molar-refractivity contribution in [2.24, 2.45) is 23.7 Å². The Hall–Kier alpha value is -0.920. The van der Waals surface area contributed by atoms with Crippen molar-refractivity contribution in [1.82, 2.24) is 4.72 Å². The number of benzene rings is 1. The summed E-state index contributed by atoms with van der Waals surface area (Å²) in [6, 6.07) is 5.53. The van der Waals surface area contributed by atoms with Crippen molar-refractivity contribution in [3.8, 4) is 0 Å². The van der Waals surface area contributed by atoms with Crippen LogP contribution in [0.1, 0.15) is 32.1 Å². The van der Waals surface area contributed by atoms with Crippen molar-refractivity contribution < 1.29 is 16.8 Å².